The van der Waals surface area contributed by atoms with E-state index in [2.05, 4.69) is 34.3 Å². The van der Waals surface area contributed by atoms with Crippen molar-refractivity contribution in [2.75, 3.05) is 52.6 Å². The van der Waals surface area contributed by atoms with Crippen molar-refractivity contribution in [1.82, 2.24) is 15.2 Å². The van der Waals surface area contributed by atoms with Crippen LogP contribution in [0.1, 0.15) is 27.9 Å². The van der Waals surface area contributed by atoms with E-state index in [0.29, 0.717) is 13.2 Å². The molecule has 1 atom stereocenters. The van der Waals surface area contributed by atoms with Crippen molar-refractivity contribution >= 4 is 11.3 Å². The van der Waals surface area contributed by atoms with Crippen LogP contribution in [0.15, 0.2) is 24.4 Å². The largest absolute Gasteiger partial charge is 0.486 e. The molecule has 4 rings (SSSR count). The minimum absolute atomic E-state index is 0.285. The van der Waals surface area contributed by atoms with Gasteiger partial charge in [-0.2, -0.15) is 0 Å². The highest BCUT2D eigenvalue weighted by Gasteiger charge is 2.19. The van der Waals surface area contributed by atoms with Gasteiger partial charge in [0, 0.05) is 43.3 Å². The molecule has 0 saturated carbocycles. The minimum atomic E-state index is 0.285. The van der Waals surface area contributed by atoms with E-state index in [1.54, 1.807) is 11.3 Å². The second kappa shape index (κ2) is 9.69. The van der Waals surface area contributed by atoms with E-state index in [-0.39, 0.29) is 6.04 Å². The Labute approximate surface area is 170 Å². The van der Waals surface area contributed by atoms with Gasteiger partial charge in [0.25, 0.3) is 0 Å². The summed E-state index contributed by atoms with van der Waals surface area (Å²) in [6.07, 6.45) is 4.06. The van der Waals surface area contributed by atoms with Gasteiger partial charge in [0.15, 0.2) is 11.5 Å². The molecule has 0 aliphatic carbocycles. The van der Waals surface area contributed by atoms with Crippen LogP contribution in [0.5, 0.6) is 11.5 Å². The average molecular weight is 404 g/mol. The molecular weight excluding hydrogens is 374 g/mol. The highest BCUT2D eigenvalue weighted by Crippen LogP contribution is 2.33. The fourth-order valence-electron chi connectivity index (χ4n) is 3.69. The quantitative estimate of drug-likeness (QED) is 0.732. The Morgan fingerprint density at radius 3 is 2.75 bits per heavy atom. The van der Waals surface area contributed by atoms with Gasteiger partial charge in [0.2, 0.25) is 0 Å². The van der Waals surface area contributed by atoms with Crippen molar-refractivity contribution in [3.05, 3.63) is 39.8 Å². The number of rotatable bonds is 8. The number of hydrogen-bond acceptors (Lipinski definition) is 7. The number of nitrogens with zero attached hydrogens (tertiary/aromatic N) is 2. The summed E-state index contributed by atoms with van der Waals surface area (Å²) in [7, 11) is 0. The molecule has 0 radical (unpaired) electrons. The Morgan fingerprint density at radius 2 is 1.96 bits per heavy atom. The van der Waals surface area contributed by atoms with Gasteiger partial charge in [-0.3, -0.25) is 4.90 Å². The first-order valence-electron chi connectivity index (χ1n) is 10.1. The minimum Gasteiger partial charge on any atom is -0.486 e. The monoisotopic (exact) mass is 403 g/mol. The molecule has 1 saturated heterocycles. The molecule has 1 N–H and O–H groups in total. The van der Waals surface area contributed by atoms with Gasteiger partial charge >= 0.3 is 0 Å². The third kappa shape index (κ3) is 5.23. The second-order valence-corrected chi connectivity index (χ2v) is 8.57. The maximum Gasteiger partial charge on any atom is 0.161 e. The van der Waals surface area contributed by atoms with Crippen molar-refractivity contribution < 1.29 is 14.2 Å². The molecule has 2 aliphatic heterocycles. The average Bonchev–Trinajstić information content (AvgIpc) is 3.16. The van der Waals surface area contributed by atoms with Crippen LogP contribution in [0.2, 0.25) is 0 Å². The lowest BCUT2D eigenvalue weighted by atomic mass is 10.0. The topological polar surface area (TPSA) is 55.9 Å². The highest BCUT2D eigenvalue weighted by atomic mass is 32.1. The van der Waals surface area contributed by atoms with Crippen LogP contribution in [-0.2, 0) is 11.2 Å². The van der Waals surface area contributed by atoms with Crippen LogP contribution in [0.3, 0.4) is 0 Å². The smallest absolute Gasteiger partial charge is 0.161 e. The fraction of sp³-hybridized carbons (Fsp3) is 0.571. The first-order chi connectivity index (χ1) is 13.8. The Bertz CT molecular complexity index is 761. The highest BCUT2D eigenvalue weighted by molar-refractivity contribution is 7.11. The summed E-state index contributed by atoms with van der Waals surface area (Å²) >= 11 is 1.78. The first-order valence-corrected chi connectivity index (χ1v) is 10.9. The number of thiazole rings is 1. The lowest BCUT2D eigenvalue weighted by molar-refractivity contribution is 0.0361. The zero-order valence-electron chi connectivity index (χ0n) is 16.5. The third-order valence-corrected chi connectivity index (χ3v) is 6.21. The number of ether oxygens (including phenoxy) is 3. The van der Waals surface area contributed by atoms with Crippen molar-refractivity contribution in [1.29, 1.82) is 0 Å². The summed E-state index contributed by atoms with van der Waals surface area (Å²) in [5.74, 6) is 1.71. The van der Waals surface area contributed by atoms with Crippen molar-refractivity contribution in [3.63, 3.8) is 0 Å². The molecule has 0 spiro atoms. The van der Waals surface area contributed by atoms with E-state index in [0.717, 1.165) is 68.7 Å². The molecule has 28 heavy (non-hydrogen) atoms. The van der Waals surface area contributed by atoms with Gasteiger partial charge in [-0.1, -0.05) is 6.07 Å². The number of benzene rings is 1. The Morgan fingerprint density at radius 1 is 1.14 bits per heavy atom. The third-order valence-electron chi connectivity index (χ3n) is 5.24. The van der Waals surface area contributed by atoms with E-state index < -0.39 is 0 Å². The van der Waals surface area contributed by atoms with Crippen molar-refractivity contribution in [2.24, 2.45) is 0 Å². The predicted molar refractivity (Wildman–Crippen MR) is 111 cm³/mol. The molecule has 1 aromatic heterocycles. The van der Waals surface area contributed by atoms with Crippen LogP contribution in [0.4, 0.5) is 0 Å². The molecule has 2 aliphatic rings. The number of aryl methyl sites for hydroxylation is 1. The molecule has 1 aromatic carbocycles. The zero-order chi connectivity index (χ0) is 19.2. The molecule has 152 valence electrons. The SMILES string of the molecule is Cc1ncc(CCNC(CCN2CCOCC2)c2ccc3c(c2)OCCO3)s1. The first kappa shape index (κ1) is 19.6. The molecule has 1 unspecified atom stereocenters. The number of hydrogen-bond donors (Lipinski definition) is 1. The van der Waals surface area contributed by atoms with E-state index in [1.165, 1.54) is 10.4 Å². The summed E-state index contributed by atoms with van der Waals surface area (Å²) < 4.78 is 17.0. The lowest BCUT2D eigenvalue weighted by Crippen LogP contribution is -2.38. The van der Waals surface area contributed by atoms with E-state index >= 15 is 0 Å². The van der Waals surface area contributed by atoms with Gasteiger partial charge in [-0.25, -0.2) is 4.98 Å². The Balaban J connectivity index is 1.40. The Hall–Kier alpha value is -1.67. The normalized spacial score (nSPS) is 18.2. The molecule has 0 bridgehead atoms. The summed E-state index contributed by atoms with van der Waals surface area (Å²) in [5.41, 5.74) is 1.26. The molecule has 7 heteroatoms. The van der Waals surface area contributed by atoms with Crippen molar-refractivity contribution in [3.8, 4) is 11.5 Å². The van der Waals surface area contributed by atoms with Crippen molar-refractivity contribution in [2.45, 2.75) is 25.8 Å². The fourth-order valence-corrected chi connectivity index (χ4v) is 4.48. The summed E-state index contributed by atoms with van der Waals surface area (Å²) in [6.45, 7) is 9.02. The van der Waals surface area contributed by atoms with Crippen LogP contribution < -0.4 is 14.8 Å². The number of nitrogens with one attached hydrogen (secondary N) is 1. The molecular formula is C21H29N3O3S. The van der Waals surface area contributed by atoms with Crippen LogP contribution >= 0.6 is 11.3 Å². The summed E-state index contributed by atoms with van der Waals surface area (Å²) in [6, 6.07) is 6.64. The van der Waals surface area contributed by atoms with E-state index in [9.17, 15) is 0 Å². The second-order valence-electron chi connectivity index (χ2n) is 7.25. The molecule has 6 nitrogen and oxygen atoms in total. The molecule has 0 amide bonds. The van der Waals surface area contributed by atoms with Gasteiger partial charge in [0.1, 0.15) is 13.2 Å². The summed E-state index contributed by atoms with van der Waals surface area (Å²) in [5, 5.41) is 4.90. The standard InChI is InChI=1S/C21H29N3O3S/c1-16-23-15-18(28-16)4-6-22-19(5-7-24-8-10-25-11-9-24)17-2-3-20-21(14-17)27-13-12-26-20/h2-3,14-15,19,22H,4-13H2,1H3. The number of morpholine rings is 1. The lowest BCUT2D eigenvalue weighted by Gasteiger charge is -2.29. The maximum atomic E-state index is 5.80. The summed E-state index contributed by atoms with van der Waals surface area (Å²) in [4.78, 5) is 8.18. The zero-order valence-corrected chi connectivity index (χ0v) is 17.3. The van der Waals surface area contributed by atoms with Gasteiger partial charge in [-0.15, -0.1) is 11.3 Å². The van der Waals surface area contributed by atoms with E-state index in [4.69, 9.17) is 14.2 Å². The number of aromatic nitrogens is 1. The van der Waals surface area contributed by atoms with Gasteiger partial charge in [0.05, 0.1) is 18.2 Å². The Kier molecular flexibility index (Phi) is 6.80. The number of fused-ring (bicyclic) bond motifs is 1. The van der Waals surface area contributed by atoms with Gasteiger partial charge < -0.3 is 19.5 Å². The van der Waals surface area contributed by atoms with Crippen LogP contribution in [0.25, 0.3) is 0 Å². The van der Waals surface area contributed by atoms with E-state index in [1.807, 2.05) is 12.3 Å². The predicted octanol–water partition coefficient (Wildman–Crippen LogP) is 2.82. The van der Waals surface area contributed by atoms with Crippen LogP contribution in [0, 0.1) is 6.92 Å². The maximum absolute atomic E-state index is 5.80. The molecule has 2 aromatic rings. The molecule has 3 heterocycles. The molecule has 1 fully saturated rings. The van der Waals surface area contributed by atoms with Gasteiger partial charge in [-0.05, 0) is 37.5 Å². The van der Waals surface area contributed by atoms with Crippen LogP contribution in [-0.4, -0.2) is 62.5 Å².